The van der Waals surface area contributed by atoms with Crippen molar-refractivity contribution >= 4 is 11.8 Å². The molecule has 0 radical (unpaired) electrons. The third-order valence-electron chi connectivity index (χ3n) is 3.03. The van der Waals surface area contributed by atoms with Gasteiger partial charge >= 0.3 is 0 Å². The van der Waals surface area contributed by atoms with E-state index in [2.05, 4.69) is 36.2 Å². The summed E-state index contributed by atoms with van der Waals surface area (Å²) < 4.78 is 5.41. The first-order chi connectivity index (χ1) is 8.22. The fourth-order valence-electron chi connectivity index (χ4n) is 1.96. The zero-order chi connectivity index (χ0) is 12.3. The van der Waals surface area contributed by atoms with Crippen molar-refractivity contribution in [3.63, 3.8) is 0 Å². The van der Waals surface area contributed by atoms with Crippen LogP contribution in [0.3, 0.4) is 0 Å². The lowest BCUT2D eigenvalue weighted by molar-refractivity contribution is 0.335. The Hall–Kier alpha value is -0.550. The molecule has 2 heterocycles. The minimum Gasteiger partial charge on any atom is -0.339 e. The summed E-state index contributed by atoms with van der Waals surface area (Å²) in [6.45, 7) is 7.43. The lowest BCUT2D eigenvalue weighted by Gasteiger charge is -2.16. The van der Waals surface area contributed by atoms with Gasteiger partial charge in [-0.2, -0.15) is 16.7 Å². The summed E-state index contributed by atoms with van der Waals surface area (Å²) >= 11 is 1.96. The molecule has 1 fully saturated rings. The van der Waals surface area contributed by atoms with Crippen LogP contribution in [0.1, 0.15) is 50.7 Å². The van der Waals surface area contributed by atoms with Crippen LogP contribution in [-0.2, 0) is 0 Å². The maximum absolute atomic E-state index is 5.41. The molecule has 1 aromatic rings. The number of aromatic nitrogens is 2. The van der Waals surface area contributed by atoms with Crippen LogP contribution in [0.5, 0.6) is 0 Å². The van der Waals surface area contributed by atoms with E-state index in [0.29, 0.717) is 17.9 Å². The average molecular weight is 255 g/mol. The largest absolute Gasteiger partial charge is 0.339 e. The molecule has 0 saturated carbocycles. The van der Waals surface area contributed by atoms with E-state index in [9.17, 15) is 0 Å². The van der Waals surface area contributed by atoms with Crippen molar-refractivity contribution in [2.24, 2.45) is 0 Å². The Kier molecular flexibility index (Phi) is 4.45. The first-order valence-corrected chi connectivity index (χ1v) is 7.52. The van der Waals surface area contributed by atoms with Gasteiger partial charge in [-0.25, -0.2) is 0 Å². The molecule has 2 unspecified atom stereocenters. The van der Waals surface area contributed by atoms with Crippen molar-refractivity contribution in [1.29, 1.82) is 0 Å². The van der Waals surface area contributed by atoms with Crippen LogP contribution >= 0.6 is 11.8 Å². The highest BCUT2D eigenvalue weighted by molar-refractivity contribution is 7.99. The topological polar surface area (TPSA) is 51.0 Å². The summed E-state index contributed by atoms with van der Waals surface area (Å²) in [5.41, 5.74) is 0. The Morgan fingerprint density at radius 3 is 2.94 bits per heavy atom. The molecule has 1 aromatic heterocycles. The van der Waals surface area contributed by atoms with Gasteiger partial charge < -0.3 is 9.84 Å². The lowest BCUT2D eigenvalue weighted by Crippen LogP contribution is -2.34. The van der Waals surface area contributed by atoms with Crippen LogP contribution in [0.15, 0.2) is 4.52 Å². The quantitative estimate of drug-likeness (QED) is 0.875. The highest BCUT2D eigenvalue weighted by atomic mass is 32.2. The van der Waals surface area contributed by atoms with E-state index in [4.69, 9.17) is 4.52 Å². The van der Waals surface area contributed by atoms with Crippen molar-refractivity contribution in [3.05, 3.63) is 11.7 Å². The van der Waals surface area contributed by atoms with Gasteiger partial charge in [-0.3, -0.25) is 0 Å². The third kappa shape index (κ3) is 3.01. The molecule has 1 N–H and O–H groups in total. The zero-order valence-corrected chi connectivity index (χ0v) is 11.6. The molecule has 4 nitrogen and oxygen atoms in total. The molecule has 5 heteroatoms. The number of thioether (sulfide) groups is 1. The summed E-state index contributed by atoms with van der Waals surface area (Å²) in [4.78, 5) is 4.52. The van der Waals surface area contributed by atoms with E-state index in [1.54, 1.807) is 0 Å². The summed E-state index contributed by atoms with van der Waals surface area (Å²) in [5.74, 6) is 4.58. The summed E-state index contributed by atoms with van der Waals surface area (Å²) in [6.07, 6.45) is 1.16. The highest BCUT2D eigenvalue weighted by Crippen LogP contribution is 2.32. The van der Waals surface area contributed by atoms with Crippen molar-refractivity contribution < 1.29 is 4.52 Å². The predicted molar refractivity (Wildman–Crippen MR) is 70.5 cm³/mol. The van der Waals surface area contributed by atoms with Crippen LogP contribution in [0.25, 0.3) is 0 Å². The third-order valence-corrected chi connectivity index (χ3v) is 4.22. The molecule has 1 aliphatic heterocycles. The minimum atomic E-state index is 0.337. The standard InChI is InChI=1S/C12H21N3OS/c1-4-5-13-10-7-17-6-9(10)12-14-11(8(2)3)15-16-12/h8-10,13H,4-7H2,1-3H3. The van der Waals surface area contributed by atoms with Gasteiger partial charge in [-0.15, -0.1) is 0 Å². The molecule has 17 heavy (non-hydrogen) atoms. The molecule has 1 aliphatic rings. The molecule has 2 rings (SSSR count). The Balaban J connectivity index is 2.03. The second-order valence-corrected chi connectivity index (χ2v) is 5.92. The number of hydrogen-bond donors (Lipinski definition) is 1. The molecule has 96 valence electrons. The van der Waals surface area contributed by atoms with Gasteiger partial charge in [0.25, 0.3) is 0 Å². The maximum Gasteiger partial charge on any atom is 0.232 e. The second kappa shape index (κ2) is 5.87. The summed E-state index contributed by atoms with van der Waals surface area (Å²) in [6, 6.07) is 0.486. The van der Waals surface area contributed by atoms with Gasteiger partial charge in [-0.1, -0.05) is 25.9 Å². The Morgan fingerprint density at radius 2 is 2.29 bits per heavy atom. The number of hydrogen-bond acceptors (Lipinski definition) is 5. The van der Waals surface area contributed by atoms with E-state index in [-0.39, 0.29) is 0 Å². The smallest absolute Gasteiger partial charge is 0.232 e. The molecule has 0 spiro atoms. The van der Waals surface area contributed by atoms with Gasteiger partial charge in [0.15, 0.2) is 5.82 Å². The lowest BCUT2D eigenvalue weighted by atomic mass is 10.0. The summed E-state index contributed by atoms with van der Waals surface area (Å²) in [7, 11) is 0. The van der Waals surface area contributed by atoms with Crippen molar-refractivity contribution in [2.45, 2.75) is 45.1 Å². The molecular formula is C12H21N3OS. The normalized spacial score (nSPS) is 24.7. The molecule has 0 aromatic carbocycles. The van der Waals surface area contributed by atoms with Crippen molar-refractivity contribution in [3.8, 4) is 0 Å². The van der Waals surface area contributed by atoms with Crippen LogP contribution in [-0.4, -0.2) is 34.2 Å². The zero-order valence-electron chi connectivity index (χ0n) is 10.8. The molecule has 1 saturated heterocycles. The number of nitrogens with zero attached hydrogens (tertiary/aromatic N) is 2. The Labute approximate surface area is 107 Å². The molecule has 0 amide bonds. The fourth-order valence-corrected chi connectivity index (χ4v) is 3.33. The van der Waals surface area contributed by atoms with Gasteiger partial charge in [0, 0.05) is 23.5 Å². The van der Waals surface area contributed by atoms with Crippen LogP contribution < -0.4 is 5.32 Å². The SMILES string of the molecule is CCCNC1CSCC1c1nc(C(C)C)no1. The van der Waals surface area contributed by atoms with E-state index >= 15 is 0 Å². The molecule has 2 atom stereocenters. The average Bonchev–Trinajstić information content (AvgIpc) is 2.94. The highest BCUT2D eigenvalue weighted by Gasteiger charge is 2.33. The number of nitrogens with one attached hydrogen (secondary N) is 1. The molecule has 0 aliphatic carbocycles. The van der Waals surface area contributed by atoms with Gasteiger partial charge in [0.1, 0.15) is 0 Å². The van der Waals surface area contributed by atoms with Gasteiger partial charge in [0.2, 0.25) is 5.89 Å². The maximum atomic E-state index is 5.41. The number of rotatable bonds is 5. The van der Waals surface area contributed by atoms with E-state index in [1.165, 1.54) is 0 Å². The first kappa shape index (κ1) is 12.9. The fraction of sp³-hybridized carbons (Fsp3) is 0.833. The van der Waals surface area contributed by atoms with E-state index < -0.39 is 0 Å². The Morgan fingerprint density at radius 1 is 1.47 bits per heavy atom. The molecule has 0 bridgehead atoms. The van der Waals surface area contributed by atoms with Crippen LogP contribution in [0.4, 0.5) is 0 Å². The minimum absolute atomic E-state index is 0.337. The van der Waals surface area contributed by atoms with E-state index in [0.717, 1.165) is 36.2 Å². The second-order valence-electron chi connectivity index (χ2n) is 4.85. The summed E-state index contributed by atoms with van der Waals surface area (Å²) in [5, 5.41) is 7.62. The van der Waals surface area contributed by atoms with Crippen LogP contribution in [0, 0.1) is 0 Å². The van der Waals surface area contributed by atoms with Crippen LogP contribution in [0.2, 0.25) is 0 Å². The Bertz CT molecular complexity index is 353. The van der Waals surface area contributed by atoms with Crippen molar-refractivity contribution in [1.82, 2.24) is 15.5 Å². The monoisotopic (exact) mass is 255 g/mol. The molecular weight excluding hydrogens is 234 g/mol. The van der Waals surface area contributed by atoms with E-state index in [1.807, 2.05) is 11.8 Å². The first-order valence-electron chi connectivity index (χ1n) is 6.37. The van der Waals surface area contributed by atoms with Gasteiger partial charge in [0.05, 0.1) is 5.92 Å². The van der Waals surface area contributed by atoms with Gasteiger partial charge in [-0.05, 0) is 13.0 Å². The van der Waals surface area contributed by atoms with Crippen molar-refractivity contribution in [2.75, 3.05) is 18.1 Å². The predicted octanol–water partition coefficient (Wildman–Crippen LogP) is 2.39.